The van der Waals surface area contributed by atoms with Crippen LogP contribution >= 0.6 is 0 Å². The molecule has 2 nitrogen and oxygen atoms in total. The number of nitrogens with zero attached hydrogens (tertiary/aromatic N) is 1. The summed E-state index contributed by atoms with van der Waals surface area (Å²) >= 11 is 0. The Morgan fingerprint density at radius 3 is 2.50 bits per heavy atom. The second-order valence-electron chi connectivity index (χ2n) is 3.00. The summed E-state index contributed by atoms with van der Waals surface area (Å²) in [5.74, 6) is 0. The lowest BCUT2D eigenvalue weighted by Crippen LogP contribution is -2.32. The van der Waals surface area contributed by atoms with Gasteiger partial charge in [-0.25, -0.2) is 4.57 Å². The lowest BCUT2D eigenvalue weighted by atomic mass is 10.2. The molecule has 0 saturated heterocycles. The molecule has 0 fully saturated rings. The molecule has 0 unspecified atom stereocenters. The molecule has 0 aliphatic carbocycles. The van der Waals surface area contributed by atoms with E-state index in [1.807, 2.05) is 0 Å². The first-order valence-corrected chi connectivity index (χ1v) is 4.55. The van der Waals surface area contributed by atoms with Crippen molar-refractivity contribution in [3.8, 4) is 0 Å². The van der Waals surface area contributed by atoms with Crippen molar-refractivity contribution in [2.45, 2.75) is 32.9 Å². The second kappa shape index (κ2) is 4.88. The maximum absolute atomic E-state index is 5.49. The highest BCUT2D eigenvalue weighted by atomic mass is 14.9. The fourth-order valence-corrected chi connectivity index (χ4v) is 1.11. The molecule has 0 aliphatic heterocycles. The first-order valence-electron chi connectivity index (χ1n) is 4.55. The minimum atomic E-state index is 0.634. The number of rotatable bonds is 4. The summed E-state index contributed by atoms with van der Waals surface area (Å²) in [7, 11) is 0. The first kappa shape index (κ1) is 9.20. The molecule has 0 saturated carbocycles. The van der Waals surface area contributed by atoms with Crippen molar-refractivity contribution in [2.75, 3.05) is 0 Å². The van der Waals surface area contributed by atoms with Gasteiger partial charge in [0.25, 0.3) is 0 Å². The van der Waals surface area contributed by atoms with Crippen LogP contribution in [0.25, 0.3) is 0 Å². The molecule has 0 aromatic carbocycles. The van der Waals surface area contributed by atoms with E-state index >= 15 is 0 Å². The molecule has 1 aromatic rings. The van der Waals surface area contributed by atoms with E-state index in [1.165, 1.54) is 18.4 Å². The summed E-state index contributed by atoms with van der Waals surface area (Å²) < 4.78 is 2.20. The molecular formula is C10H17N2+. The van der Waals surface area contributed by atoms with E-state index in [0.717, 1.165) is 6.54 Å². The zero-order valence-corrected chi connectivity index (χ0v) is 7.66. The Labute approximate surface area is 74.0 Å². The van der Waals surface area contributed by atoms with Gasteiger partial charge in [0, 0.05) is 25.1 Å². The minimum Gasteiger partial charge on any atom is -0.326 e. The Bertz CT molecular complexity index is 216. The number of hydrogen-bond acceptors (Lipinski definition) is 1. The number of nitrogens with two attached hydrogens (primary N) is 1. The van der Waals surface area contributed by atoms with Gasteiger partial charge in [0.15, 0.2) is 12.4 Å². The fraction of sp³-hybridized carbons (Fsp3) is 0.500. The molecule has 2 N–H and O–H groups in total. The Kier molecular flexibility index (Phi) is 3.74. The average molecular weight is 165 g/mol. The SMILES string of the molecule is CCCC[n+]1ccc(CN)cc1. The van der Waals surface area contributed by atoms with Gasteiger partial charge in [-0.3, -0.25) is 0 Å². The van der Waals surface area contributed by atoms with Gasteiger partial charge in [0.05, 0.1) is 0 Å². The van der Waals surface area contributed by atoms with Crippen molar-refractivity contribution >= 4 is 0 Å². The van der Waals surface area contributed by atoms with Crippen LogP contribution in [0, 0.1) is 0 Å². The predicted molar refractivity (Wildman–Crippen MR) is 49.4 cm³/mol. The van der Waals surface area contributed by atoms with Gasteiger partial charge in [0.1, 0.15) is 6.54 Å². The molecule has 66 valence electrons. The largest absolute Gasteiger partial charge is 0.326 e. The van der Waals surface area contributed by atoms with Crippen LogP contribution in [0.2, 0.25) is 0 Å². The summed E-state index contributed by atoms with van der Waals surface area (Å²) in [6, 6.07) is 4.16. The number of hydrogen-bond donors (Lipinski definition) is 1. The highest BCUT2D eigenvalue weighted by molar-refractivity contribution is 5.05. The summed E-state index contributed by atoms with van der Waals surface area (Å²) in [5, 5.41) is 0. The van der Waals surface area contributed by atoms with Gasteiger partial charge in [-0.2, -0.15) is 0 Å². The van der Waals surface area contributed by atoms with Crippen molar-refractivity contribution in [3.63, 3.8) is 0 Å². The monoisotopic (exact) mass is 165 g/mol. The van der Waals surface area contributed by atoms with Crippen molar-refractivity contribution in [3.05, 3.63) is 30.1 Å². The molecule has 1 heterocycles. The van der Waals surface area contributed by atoms with Crippen LogP contribution in [-0.2, 0) is 13.1 Å². The Morgan fingerprint density at radius 2 is 2.00 bits per heavy atom. The van der Waals surface area contributed by atoms with Crippen molar-refractivity contribution in [2.24, 2.45) is 5.73 Å². The molecule has 0 amide bonds. The highest BCUT2D eigenvalue weighted by Crippen LogP contribution is 1.93. The van der Waals surface area contributed by atoms with Crippen LogP contribution < -0.4 is 10.3 Å². The van der Waals surface area contributed by atoms with E-state index < -0.39 is 0 Å². The lowest BCUT2D eigenvalue weighted by Gasteiger charge is -1.96. The lowest BCUT2D eigenvalue weighted by molar-refractivity contribution is -0.697. The van der Waals surface area contributed by atoms with Crippen LogP contribution in [0.3, 0.4) is 0 Å². The molecular weight excluding hydrogens is 148 g/mol. The molecule has 1 rings (SSSR count). The normalized spacial score (nSPS) is 10.2. The molecule has 0 spiro atoms. The summed E-state index contributed by atoms with van der Waals surface area (Å²) in [4.78, 5) is 0. The van der Waals surface area contributed by atoms with E-state index in [0.29, 0.717) is 6.54 Å². The van der Waals surface area contributed by atoms with Crippen LogP contribution in [0.4, 0.5) is 0 Å². The topological polar surface area (TPSA) is 29.9 Å². The standard InChI is InChI=1S/C10H17N2/c1-2-3-6-12-7-4-10(9-11)5-8-12/h4-5,7-8H,2-3,6,9,11H2,1H3/q+1. The maximum atomic E-state index is 5.49. The Morgan fingerprint density at radius 1 is 1.33 bits per heavy atom. The van der Waals surface area contributed by atoms with Gasteiger partial charge >= 0.3 is 0 Å². The summed E-state index contributed by atoms with van der Waals surface area (Å²) in [5.41, 5.74) is 6.69. The van der Waals surface area contributed by atoms with E-state index in [1.54, 1.807) is 0 Å². The quantitative estimate of drug-likeness (QED) is 0.668. The number of aryl methyl sites for hydroxylation is 1. The molecule has 1 aromatic heterocycles. The van der Waals surface area contributed by atoms with E-state index in [-0.39, 0.29) is 0 Å². The smallest absolute Gasteiger partial charge is 0.169 e. The summed E-state index contributed by atoms with van der Waals surface area (Å²) in [6.45, 7) is 3.95. The number of pyridine rings is 1. The van der Waals surface area contributed by atoms with Crippen molar-refractivity contribution in [1.29, 1.82) is 0 Å². The zero-order valence-electron chi connectivity index (χ0n) is 7.66. The Balaban J connectivity index is 2.53. The van der Waals surface area contributed by atoms with Crippen LogP contribution in [0.1, 0.15) is 25.3 Å². The van der Waals surface area contributed by atoms with Crippen LogP contribution in [0.5, 0.6) is 0 Å². The molecule has 0 bridgehead atoms. The van der Waals surface area contributed by atoms with Crippen molar-refractivity contribution < 1.29 is 4.57 Å². The minimum absolute atomic E-state index is 0.634. The van der Waals surface area contributed by atoms with E-state index in [4.69, 9.17) is 5.73 Å². The molecule has 0 atom stereocenters. The molecule has 0 aliphatic rings. The Hall–Kier alpha value is -0.890. The van der Waals surface area contributed by atoms with Gasteiger partial charge in [-0.05, 0) is 5.56 Å². The van der Waals surface area contributed by atoms with Gasteiger partial charge in [-0.1, -0.05) is 13.3 Å². The van der Waals surface area contributed by atoms with E-state index in [2.05, 4.69) is 36.0 Å². The van der Waals surface area contributed by atoms with E-state index in [9.17, 15) is 0 Å². The van der Waals surface area contributed by atoms with Crippen LogP contribution in [-0.4, -0.2) is 0 Å². The third kappa shape index (κ3) is 2.62. The van der Waals surface area contributed by atoms with Crippen molar-refractivity contribution in [1.82, 2.24) is 0 Å². The number of aromatic nitrogens is 1. The zero-order chi connectivity index (χ0) is 8.81. The van der Waals surface area contributed by atoms with Gasteiger partial charge in [-0.15, -0.1) is 0 Å². The maximum Gasteiger partial charge on any atom is 0.169 e. The van der Waals surface area contributed by atoms with Crippen LogP contribution in [0.15, 0.2) is 24.5 Å². The van der Waals surface area contributed by atoms with Gasteiger partial charge < -0.3 is 5.73 Å². The first-order chi connectivity index (χ1) is 5.86. The molecule has 12 heavy (non-hydrogen) atoms. The third-order valence-corrected chi connectivity index (χ3v) is 1.97. The molecule has 2 heteroatoms. The number of unbranched alkanes of at least 4 members (excludes halogenated alkanes) is 1. The third-order valence-electron chi connectivity index (χ3n) is 1.97. The second-order valence-corrected chi connectivity index (χ2v) is 3.00. The average Bonchev–Trinajstić information content (AvgIpc) is 2.15. The predicted octanol–water partition coefficient (Wildman–Crippen LogP) is 1.23. The molecule has 0 radical (unpaired) electrons. The van der Waals surface area contributed by atoms with Gasteiger partial charge in [0.2, 0.25) is 0 Å². The summed E-state index contributed by atoms with van der Waals surface area (Å²) in [6.07, 6.45) is 6.67. The fourth-order valence-electron chi connectivity index (χ4n) is 1.11. The highest BCUT2D eigenvalue weighted by Gasteiger charge is 1.97.